The quantitative estimate of drug-likeness (QED) is 0.275. The van der Waals surface area contributed by atoms with Crippen LogP contribution in [-0.2, 0) is 6.18 Å². The first kappa shape index (κ1) is 21.0. The lowest BCUT2D eigenvalue weighted by molar-refractivity contribution is -0.137. The van der Waals surface area contributed by atoms with Crippen LogP contribution in [0.4, 0.5) is 18.9 Å². The Morgan fingerprint density at radius 2 is 1.71 bits per heavy atom. The minimum atomic E-state index is -4.55. The Morgan fingerprint density at radius 1 is 1.04 bits per heavy atom. The van der Waals surface area contributed by atoms with Gasteiger partial charge in [0.25, 0.3) is 5.91 Å². The van der Waals surface area contributed by atoms with E-state index in [1.54, 1.807) is 46.9 Å². The van der Waals surface area contributed by atoms with Gasteiger partial charge in [-0.2, -0.15) is 13.2 Å². The summed E-state index contributed by atoms with van der Waals surface area (Å²) < 4.78 is 41.0. The Kier molecular flexibility index (Phi) is 6.25. The SMILES string of the molecule is O=C(NC(=S)Nc1ccc(I)cc1C(F)(F)F)c1cccc2c(Br)cccc12. The molecule has 0 bridgehead atoms. The van der Waals surface area contributed by atoms with Crippen LogP contribution in [0.15, 0.2) is 59.1 Å². The number of hydrogen-bond acceptors (Lipinski definition) is 2. The van der Waals surface area contributed by atoms with Crippen LogP contribution in [0.1, 0.15) is 15.9 Å². The molecule has 1 amide bonds. The minimum Gasteiger partial charge on any atom is -0.332 e. The first-order valence-electron chi connectivity index (χ1n) is 7.83. The predicted molar refractivity (Wildman–Crippen MR) is 119 cm³/mol. The summed E-state index contributed by atoms with van der Waals surface area (Å²) >= 11 is 10.3. The van der Waals surface area contributed by atoms with Crippen molar-refractivity contribution in [1.82, 2.24) is 5.32 Å². The first-order valence-corrected chi connectivity index (χ1v) is 10.1. The zero-order valence-electron chi connectivity index (χ0n) is 13.9. The molecule has 3 nitrogen and oxygen atoms in total. The van der Waals surface area contributed by atoms with Gasteiger partial charge in [-0.25, -0.2) is 0 Å². The van der Waals surface area contributed by atoms with Crippen molar-refractivity contribution in [2.24, 2.45) is 0 Å². The second kappa shape index (κ2) is 8.34. The number of fused-ring (bicyclic) bond motifs is 1. The number of carbonyl (C=O) groups excluding carboxylic acids is 1. The average Bonchev–Trinajstić information content (AvgIpc) is 2.62. The molecule has 3 aromatic rings. The molecule has 28 heavy (non-hydrogen) atoms. The highest BCUT2D eigenvalue weighted by Gasteiger charge is 2.34. The van der Waals surface area contributed by atoms with Gasteiger partial charge in [0, 0.05) is 13.6 Å². The van der Waals surface area contributed by atoms with Gasteiger partial charge in [0.1, 0.15) is 0 Å². The zero-order valence-corrected chi connectivity index (χ0v) is 18.5. The number of hydrogen-bond donors (Lipinski definition) is 2. The van der Waals surface area contributed by atoms with Crippen LogP contribution in [0.25, 0.3) is 10.8 Å². The van der Waals surface area contributed by atoms with E-state index in [1.807, 2.05) is 12.1 Å². The van der Waals surface area contributed by atoms with Gasteiger partial charge in [-0.1, -0.05) is 40.2 Å². The van der Waals surface area contributed by atoms with Crippen molar-refractivity contribution in [3.05, 3.63) is 73.8 Å². The van der Waals surface area contributed by atoms with Crippen LogP contribution < -0.4 is 10.6 Å². The van der Waals surface area contributed by atoms with Crippen LogP contribution >= 0.6 is 50.7 Å². The Labute approximate surface area is 186 Å². The third-order valence-corrected chi connectivity index (χ3v) is 5.44. The van der Waals surface area contributed by atoms with Gasteiger partial charge in [0.15, 0.2) is 5.11 Å². The molecule has 2 N–H and O–H groups in total. The number of rotatable bonds is 2. The van der Waals surface area contributed by atoms with Crippen molar-refractivity contribution >= 4 is 78.2 Å². The Bertz CT molecular complexity index is 1090. The summed E-state index contributed by atoms with van der Waals surface area (Å²) in [5, 5.41) is 6.23. The van der Waals surface area contributed by atoms with E-state index >= 15 is 0 Å². The third kappa shape index (κ3) is 4.64. The maximum absolute atomic E-state index is 13.2. The lowest BCUT2D eigenvalue weighted by Crippen LogP contribution is -2.34. The highest BCUT2D eigenvalue weighted by molar-refractivity contribution is 14.1. The number of carbonyl (C=O) groups is 1. The Hall–Kier alpha value is -1.72. The summed E-state index contributed by atoms with van der Waals surface area (Å²) in [5.41, 5.74) is -0.717. The van der Waals surface area contributed by atoms with Crippen molar-refractivity contribution in [3.63, 3.8) is 0 Å². The van der Waals surface area contributed by atoms with Gasteiger partial charge in [-0.15, -0.1) is 0 Å². The molecule has 0 aromatic heterocycles. The molecule has 0 aliphatic heterocycles. The first-order chi connectivity index (χ1) is 13.2. The van der Waals surface area contributed by atoms with Crippen molar-refractivity contribution in [1.29, 1.82) is 0 Å². The summed E-state index contributed by atoms with van der Waals surface area (Å²) in [5.74, 6) is -0.514. The van der Waals surface area contributed by atoms with Crippen molar-refractivity contribution in [2.75, 3.05) is 5.32 Å². The van der Waals surface area contributed by atoms with Crippen LogP contribution in [0.3, 0.4) is 0 Å². The van der Waals surface area contributed by atoms with Gasteiger partial charge in [0.05, 0.1) is 11.3 Å². The minimum absolute atomic E-state index is 0.219. The number of thiocarbonyl (C=S) groups is 1. The van der Waals surface area contributed by atoms with E-state index in [-0.39, 0.29) is 10.8 Å². The molecule has 0 saturated heterocycles. The number of benzene rings is 3. The lowest BCUT2D eigenvalue weighted by atomic mass is 10.0. The van der Waals surface area contributed by atoms with Gasteiger partial charge in [-0.05, 0) is 75.9 Å². The standard InChI is InChI=1S/C19H11BrF3IN2OS/c20-15-6-2-3-11-12(15)4-1-5-13(11)17(27)26-18(28)25-16-8-7-10(24)9-14(16)19(21,22)23/h1-9H,(H2,25,26,27,28). The number of anilines is 1. The second-order valence-corrected chi connectivity index (χ2v) is 8.24. The van der Waals surface area contributed by atoms with Crippen LogP contribution in [0.2, 0.25) is 0 Å². The summed E-state index contributed by atoms with van der Waals surface area (Å²) in [6.07, 6.45) is -4.55. The van der Waals surface area contributed by atoms with E-state index < -0.39 is 17.6 Å². The molecule has 0 aliphatic rings. The number of alkyl halides is 3. The highest BCUT2D eigenvalue weighted by Crippen LogP contribution is 2.35. The average molecular weight is 579 g/mol. The molecule has 144 valence electrons. The normalized spacial score (nSPS) is 11.3. The molecule has 0 spiro atoms. The lowest BCUT2D eigenvalue weighted by Gasteiger charge is -2.16. The van der Waals surface area contributed by atoms with E-state index in [0.717, 1.165) is 15.9 Å². The largest absolute Gasteiger partial charge is 0.418 e. The van der Waals surface area contributed by atoms with Crippen molar-refractivity contribution < 1.29 is 18.0 Å². The van der Waals surface area contributed by atoms with E-state index in [1.165, 1.54) is 12.1 Å². The van der Waals surface area contributed by atoms with Gasteiger partial charge in [0.2, 0.25) is 0 Å². The van der Waals surface area contributed by atoms with Crippen molar-refractivity contribution in [3.8, 4) is 0 Å². The van der Waals surface area contributed by atoms with Crippen LogP contribution in [0, 0.1) is 3.57 Å². The van der Waals surface area contributed by atoms with Crippen molar-refractivity contribution in [2.45, 2.75) is 6.18 Å². The van der Waals surface area contributed by atoms with Gasteiger partial charge in [-0.3, -0.25) is 10.1 Å². The second-order valence-electron chi connectivity index (χ2n) is 5.74. The van der Waals surface area contributed by atoms with E-state index in [0.29, 0.717) is 14.5 Å². The van der Waals surface area contributed by atoms with Gasteiger partial charge >= 0.3 is 6.18 Å². The monoisotopic (exact) mass is 578 g/mol. The summed E-state index contributed by atoms with van der Waals surface area (Å²) in [4.78, 5) is 12.6. The maximum Gasteiger partial charge on any atom is 0.418 e. The summed E-state index contributed by atoms with van der Waals surface area (Å²) in [6, 6.07) is 14.4. The fraction of sp³-hybridized carbons (Fsp3) is 0.0526. The molecule has 3 rings (SSSR count). The molecule has 0 fully saturated rings. The molecule has 0 aliphatic carbocycles. The van der Waals surface area contributed by atoms with E-state index in [9.17, 15) is 18.0 Å². The fourth-order valence-corrected chi connectivity index (χ4v) is 3.85. The zero-order chi connectivity index (χ0) is 20.5. The smallest absolute Gasteiger partial charge is 0.332 e. The Morgan fingerprint density at radius 3 is 2.43 bits per heavy atom. The number of halogens is 5. The van der Waals surface area contributed by atoms with Crippen LogP contribution in [0.5, 0.6) is 0 Å². The molecular formula is C19H11BrF3IN2OS. The highest BCUT2D eigenvalue weighted by atomic mass is 127. The number of nitrogens with one attached hydrogen (secondary N) is 2. The molecule has 0 atom stereocenters. The summed E-state index contributed by atoms with van der Waals surface area (Å²) in [6.45, 7) is 0. The molecule has 0 radical (unpaired) electrons. The molecular weight excluding hydrogens is 568 g/mol. The molecule has 3 aromatic carbocycles. The molecule has 0 heterocycles. The van der Waals surface area contributed by atoms with Crippen LogP contribution in [-0.4, -0.2) is 11.0 Å². The van der Waals surface area contributed by atoms with Gasteiger partial charge < -0.3 is 5.32 Å². The topological polar surface area (TPSA) is 41.1 Å². The molecule has 0 saturated carbocycles. The molecule has 0 unspecified atom stereocenters. The predicted octanol–water partition coefficient (Wildman–Crippen LogP) is 6.35. The third-order valence-electron chi connectivity index (χ3n) is 3.88. The van der Waals surface area contributed by atoms with E-state index in [2.05, 4.69) is 26.6 Å². The van der Waals surface area contributed by atoms with E-state index in [4.69, 9.17) is 12.2 Å². The fourth-order valence-electron chi connectivity index (χ4n) is 2.65. The molecule has 9 heteroatoms. The Balaban J connectivity index is 1.84. The maximum atomic E-state index is 13.2. The number of amides is 1. The summed E-state index contributed by atoms with van der Waals surface area (Å²) in [7, 11) is 0.